The summed E-state index contributed by atoms with van der Waals surface area (Å²) in [4.78, 5) is 18.4. The number of halogens is 1. The van der Waals surface area contributed by atoms with Gasteiger partial charge >= 0.3 is 0 Å². The molecule has 1 aliphatic heterocycles. The Morgan fingerprint density at radius 1 is 1.06 bits per heavy atom. The number of nitrogens with zero attached hydrogens (tertiary/aromatic N) is 3. The number of hydrogen-bond acceptors (Lipinski definition) is 5. The van der Waals surface area contributed by atoms with Gasteiger partial charge in [-0.3, -0.25) is 4.79 Å². The van der Waals surface area contributed by atoms with Crippen LogP contribution in [0.2, 0.25) is 5.02 Å². The lowest BCUT2D eigenvalue weighted by Gasteiger charge is -2.29. The fraction of sp³-hybridized carbons (Fsp3) is 0.148. The second-order valence-corrected chi connectivity index (χ2v) is 8.78. The van der Waals surface area contributed by atoms with Gasteiger partial charge in [-0.05, 0) is 55.8 Å². The smallest absolute Gasteiger partial charge is 0.255 e. The maximum Gasteiger partial charge on any atom is 0.255 e. The van der Waals surface area contributed by atoms with Gasteiger partial charge in [-0.2, -0.15) is 4.98 Å². The van der Waals surface area contributed by atoms with E-state index in [9.17, 15) is 4.79 Å². The van der Waals surface area contributed by atoms with Crippen LogP contribution in [0.4, 0.5) is 11.6 Å². The van der Waals surface area contributed by atoms with Crippen LogP contribution in [-0.4, -0.2) is 27.8 Å². The highest BCUT2D eigenvalue weighted by molar-refractivity contribution is 6.30. The van der Waals surface area contributed by atoms with Crippen molar-refractivity contribution in [3.05, 3.63) is 100 Å². The SMILES string of the molecule is COc1ccccc1NC(=O)C1=C(C)Nc2nc(-c3ccc(Cl)cc3)nn2C1c1cccc(C)c1. The van der Waals surface area contributed by atoms with Gasteiger partial charge in [-0.15, -0.1) is 5.10 Å². The quantitative estimate of drug-likeness (QED) is 0.371. The molecule has 0 spiro atoms. The fourth-order valence-electron chi connectivity index (χ4n) is 4.25. The molecule has 176 valence electrons. The van der Waals surface area contributed by atoms with Crippen LogP contribution in [0.5, 0.6) is 5.75 Å². The molecule has 7 nitrogen and oxygen atoms in total. The van der Waals surface area contributed by atoms with Crippen molar-refractivity contribution in [2.45, 2.75) is 19.9 Å². The van der Waals surface area contributed by atoms with Crippen LogP contribution >= 0.6 is 11.6 Å². The van der Waals surface area contributed by atoms with E-state index in [1.54, 1.807) is 23.9 Å². The average Bonchev–Trinajstić information content (AvgIpc) is 3.27. The maximum absolute atomic E-state index is 13.7. The molecule has 1 aliphatic rings. The number of amides is 1. The summed E-state index contributed by atoms with van der Waals surface area (Å²) in [6, 6.07) is 22.3. The highest BCUT2D eigenvalue weighted by Crippen LogP contribution is 2.37. The van der Waals surface area contributed by atoms with E-state index in [0.29, 0.717) is 39.5 Å². The van der Waals surface area contributed by atoms with Crippen LogP contribution in [0.15, 0.2) is 84.1 Å². The van der Waals surface area contributed by atoms with Gasteiger partial charge in [0, 0.05) is 16.3 Å². The molecular formula is C27H24ClN5O2. The third-order valence-corrected chi connectivity index (χ3v) is 6.16. The summed E-state index contributed by atoms with van der Waals surface area (Å²) in [5, 5.41) is 11.7. The van der Waals surface area contributed by atoms with E-state index in [-0.39, 0.29) is 5.91 Å². The van der Waals surface area contributed by atoms with Crippen LogP contribution in [0.3, 0.4) is 0 Å². The summed E-state index contributed by atoms with van der Waals surface area (Å²) >= 11 is 6.06. The highest BCUT2D eigenvalue weighted by atomic mass is 35.5. The lowest BCUT2D eigenvalue weighted by molar-refractivity contribution is -0.113. The summed E-state index contributed by atoms with van der Waals surface area (Å²) in [5.74, 6) is 1.44. The van der Waals surface area contributed by atoms with Gasteiger partial charge in [-0.1, -0.05) is 53.6 Å². The minimum absolute atomic E-state index is 0.250. The first kappa shape index (κ1) is 22.7. The number of methoxy groups -OCH3 is 1. The number of anilines is 2. The Kier molecular flexibility index (Phi) is 6.01. The zero-order valence-corrected chi connectivity index (χ0v) is 20.3. The first-order valence-corrected chi connectivity index (χ1v) is 11.5. The minimum atomic E-state index is -0.477. The first-order valence-electron chi connectivity index (χ1n) is 11.2. The summed E-state index contributed by atoms with van der Waals surface area (Å²) < 4.78 is 7.19. The van der Waals surface area contributed by atoms with Crippen molar-refractivity contribution < 1.29 is 9.53 Å². The molecule has 0 radical (unpaired) electrons. The topological polar surface area (TPSA) is 81.1 Å². The number of allylic oxidation sites excluding steroid dienone is 1. The molecule has 1 aromatic heterocycles. The Morgan fingerprint density at radius 3 is 2.57 bits per heavy atom. The van der Waals surface area contributed by atoms with E-state index in [1.165, 1.54) is 0 Å². The van der Waals surface area contributed by atoms with E-state index in [2.05, 4.69) is 16.7 Å². The fourth-order valence-corrected chi connectivity index (χ4v) is 4.38. The van der Waals surface area contributed by atoms with Gasteiger partial charge < -0.3 is 15.4 Å². The predicted molar refractivity (Wildman–Crippen MR) is 138 cm³/mol. The molecule has 2 N–H and O–H groups in total. The van der Waals surface area contributed by atoms with Gasteiger partial charge in [0.15, 0.2) is 5.82 Å². The number of benzene rings is 3. The van der Waals surface area contributed by atoms with Crippen LogP contribution in [-0.2, 0) is 4.79 Å². The number of fused-ring (bicyclic) bond motifs is 1. The number of carbonyl (C=O) groups excluding carboxylic acids is 1. The number of ether oxygens (including phenoxy) is 1. The second kappa shape index (κ2) is 9.27. The number of carbonyl (C=O) groups is 1. The summed E-state index contributed by atoms with van der Waals surface area (Å²) in [6.45, 7) is 3.90. The van der Waals surface area contributed by atoms with Crippen molar-refractivity contribution in [2.24, 2.45) is 0 Å². The van der Waals surface area contributed by atoms with Crippen molar-refractivity contribution >= 4 is 29.1 Å². The lowest BCUT2D eigenvalue weighted by atomic mass is 9.94. The Bertz CT molecular complexity index is 1440. The number of aromatic nitrogens is 3. The minimum Gasteiger partial charge on any atom is -0.495 e. The summed E-state index contributed by atoms with van der Waals surface area (Å²) in [6.07, 6.45) is 0. The number of aryl methyl sites for hydroxylation is 1. The lowest BCUT2D eigenvalue weighted by Crippen LogP contribution is -2.31. The second-order valence-electron chi connectivity index (χ2n) is 8.35. The van der Waals surface area contributed by atoms with Crippen molar-refractivity contribution in [3.8, 4) is 17.1 Å². The van der Waals surface area contributed by atoms with Crippen LogP contribution in [0.25, 0.3) is 11.4 Å². The van der Waals surface area contributed by atoms with Crippen molar-refractivity contribution in [3.63, 3.8) is 0 Å². The number of rotatable bonds is 5. The van der Waals surface area contributed by atoms with Gasteiger partial charge in [0.2, 0.25) is 5.95 Å². The van der Waals surface area contributed by atoms with Crippen LogP contribution in [0.1, 0.15) is 24.1 Å². The molecule has 1 unspecified atom stereocenters. The maximum atomic E-state index is 13.7. The number of para-hydroxylation sites is 2. The van der Waals surface area contributed by atoms with Gasteiger partial charge in [0.1, 0.15) is 11.8 Å². The van der Waals surface area contributed by atoms with Crippen LogP contribution < -0.4 is 15.4 Å². The molecule has 0 aliphatic carbocycles. The monoisotopic (exact) mass is 485 g/mol. The molecule has 2 heterocycles. The van der Waals surface area contributed by atoms with E-state index in [1.807, 2.05) is 68.4 Å². The van der Waals surface area contributed by atoms with Crippen molar-refractivity contribution in [2.75, 3.05) is 17.7 Å². The zero-order chi connectivity index (χ0) is 24.5. The molecule has 4 aromatic rings. The molecule has 5 rings (SSSR count). The molecule has 0 bridgehead atoms. The molecule has 0 saturated carbocycles. The Morgan fingerprint density at radius 2 is 1.83 bits per heavy atom. The number of nitrogens with one attached hydrogen (secondary N) is 2. The largest absolute Gasteiger partial charge is 0.495 e. The molecular weight excluding hydrogens is 462 g/mol. The first-order chi connectivity index (χ1) is 16.9. The third-order valence-electron chi connectivity index (χ3n) is 5.91. The summed E-state index contributed by atoms with van der Waals surface area (Å²) in [7, 11) is 1.58. The van der Waals surface area contributed by atoms with Gasteiger partial charge in [0.25, 0.3) is 5.91 Å². The van der Waals surface area contributed by atoms with Crippen molar-refractivity contribution in [1.29, 1.82) is 0 Å². The Balaban J connectivity index is 1.60. The molecule has 35 heavy (non-hydrogen) atoms. The Hall–Kier alpha value is -4.10. The molecule has 3 aromatic carbocycles. The molecule has 0 saturated heterocycles. The highest BCUT2D eigenvalue weighted by Gasteiger charge is 2.34. The standard InChI is InChI=1S/C27H24ClN5O2/c1-16-7-6-8-19(15-16)24-23(26(34)30-21-9-4-5-10-22(21)35-3)17(2)29-27-31-25(32-33(24)27)18-11-13-20(28)14-12-18/h4-15,24H,1-3H3,(H,30,34)(H,29,31,32). The predicted octanol–water partition coefficient (Wildman–Crippen LogP) is 5.84. The van der Waals surface area contributed by atoms with E-state index >= 15 is 0 Å². The van der Waals surface area contributed by atoms with E-state index in [0.717, 1.165) is 16.7 Å². The normalized spacial score (nSPS) is 14.8. The van der Waals surface area contributed by atoms with E-state index < -0.39 is 6.04 Å². The molecule has 8 heteroatoms. The number of hydrogen-bond donors (Lipinski definition) is 2. The van der Waals surface area contributed by atoms with E-state index in [4.69, 9.17) is 26.4 Å². The van der Waals surface area contributed by atoms with Gasteiger partial charge in [0.05, 0.1) is 18.4 Å². The van der Waals surface area contributed by atoms with Gasteiger partial charge in [-0.25, -0.2) is 4.68 Å². The van der Waals surface area contributed by atoms with Crippen molar-refractivity contribution in [1.82, 2.24) is 14.8 Å². The molecule has 1 amide bonds. The average molecular weight is 486 g/mol. The summed E-state index contributed by atoms with van der Waals surface area (Å²) in [5.41, 5.74) is 4.69. The Labute approximate surface area is 208 Å². The third kappa shape index (κ3) is 4.38. The molecule has 0 fully saturated rings. The molecule has 1 atom stereocenters. The zero-order valence-electron chi connectivity index (χ0n) is 19.5. The van der Waals surface area contributed by atoms with Crippen LogP contribution in [0, 0.1) is 6.92 Å².